The van der Waals surface area contributed by atoms with Crippen molar-refractivity contribution in [3.05, 3.63) is 108 Å². The Kier molecular flexibility index (Phi) is 10.2. The Balaban J connectivity index is 1.26. The van der Waals surface area contributed by atoms with Gasteiger partial charge < -0.3 is 19.7 Å². The van der Waals surface area contributed by atoms with Crippen molar-refractivity contribution in [1.82, 2.24) is 19.9 Å². The molecule has 0 bridgehead atoms. The summed E-state index contributed by atoms with van der Waals surface area (Å²) in [4.78, 5) is 27.5. The van der Waals surface area contributed by atoms with Crippen LogP contribution in [0.5, 0.6) is 11.6 Å². The highest BCUT2D eigenvalue weighted by atomic mass is 32.2. The molecule has 0 saturated carbocycles. The number of sulfone groups is 1. The van der Waals surface area contributed by atoms with Gasteiger partial charge in [0.25, 0.3) is 0 Å². The third-order valence-corrected chi connectivity index (χ3v) is 9.78. The zero-order valence-electron chi connectivity index (χ0n) is 28.8. The number of benzene rings is 3. The van der Waals surface area contributed by atoms with Gasteiger partial charge in [-0.05, 0) is 74.5 Å². The molecule has 3 heterocycles. The average molecular weight is 716 g/mol. The van der Waals surface area contributed by atoms with E-state index in [1.54, 1.807) is 99.9 Å². The summed E-state index contributed by atoms with van der Waals surface area (Å²) >= 11 is 0. The smallest absolute Gasteiger partial charge is 0.410 e. The third kappa shape index (κ3) is 8.77. The van der Waals surface area contributed by atoms with Crippen LogP contribution in [-0.2, 0) is 26.1 Å². The van der Waals surface area contributed by atoms with Crippen molar-refractivity contribution in [2.24, 2.45) is 0 Å². The maximum Gasteiger partial charge on any atom is 0.410 e. The van der Waals surface area contributed by atoms with Gasteiger partial charge in [-0.3, -0.25) is 0 Å². The molecule has 51 heavy (non-hydrogen) atoms. The summed E-state index contributed by atoms with van der Waals surface area (Å²) in [5, 5.41) is 4.10. The number of carbonyl (C=O) groups excluding carboxylic acids is 1. The fourth-order valence-corrected chi connectivity index (χ4v) is 7.58. The molecule has 13 heteroatoms. The van der Waals surface area contributed by atoms with E-state index < -0.39 is 45.3 Å². The predicted octanol–water partition coefficient (Wildman–Crippen LogP) is 7.81. The van der Waals surface area contributed by atoms with Gasteiger partial charge in [0, 0.05) is 42.4 Å². The van der Waals surface area contributed by atoms with Crippen LogP contribution in [0.1, 0.15) is 43.9 Å². The largest absolute Gasteiger partial charge is 0.444 e. The summed E-state index contributed by atoms with van der Waals surface area (Å²) < 4.78 is 68.3. The molecule has 1 saturated heterocycles. The fourth-order valence-electron chi connectivity index (χ4n) is 6.05. The maximum atomic E-state index is 15.3. The second-order valence-electron chi connectivity index (χ2n) is 13.6. The Morgan fingerprint density at radius 2 is 1.71 bits per heavy atom. The average Bonchev–Trinajstić information content (AvgIpc) is 3.07. The summed E-state index contributed by atoms with van der Waals surface area (Å²) in [6.07, 6.45) is 1.43. The second-order valence-corrected chi connectivity index (χ2v) is 15.7. The lowest BCUT2D eigenvalue weighted by Gasteiger charge is -2.36. The normalized spacial score (nSPS) is 16.5. The summed E-state index contributed by atoms with van der Waals surface area (Å²) in [5.41, 5.74) is 1.68. The number of amides is 1. The Morgan fingerprint density at radius 3 is 2.47 bits per heavy atom. The van der Waals surface area contributed by atoms with Crippen LogP contribution in [0, 0.1) is 12.7 Å². The topological polar surface area (TPSA) is 124 Å². The van der Waals surface area contributed by atoms with Gasteiger partial charge in [-0.25, -0.2) is 36.9 Å². The highest BCUT2D eigenvalue weighted by Gasteiger charge is 2.33. The second kappa shape index (κ2) is 14.6. The van der Waals surface area contributed by atoms with Crippen LogP contribution in [-0.4, -0.2) is 65.3 Å². The van der Waals surface area contributed by atoms with E-state index in [9.17, 15) is 17.6 Å². The monoisotopic (exact) mass is 715 g/mol. The first-order valence-corrected chi connectivity index (χ1v) is 18.4. The fraction of sp³-hybridized carbons (Fsp3) is 0.316. The summed E-state index contributed by atoms with van der Waals surface area (Å²) in [6.45, 7) is 7.25. The van der Waals surface area contributed by atoms with E-state index >= 15 is 4.39 Å². The molecule has 10 nitrogen and oxygen atoms in total. The number of alkyl halides is 1. The van der Waals surface area contributed by atoms with Crippen LogP contribution in [0.25, 0.3) is 22.0 Å². The maximum absolute atomic E-state index is 15.3. The van der Waals surface area contributed by atoms with E-state index in [1.165, 1.54) is 11.0 Å². The Bertz CT molecular complexity index is 2160. The molecule has 1 aliphatic rings. The lowest BCUT2D eigenvalue weighted by atomic mass is 10.0. The van der Waals surface area contributed by atoms with Crippen LogP contribution in [0.4, 0.5) is 19.5 Å². The number of fused-ring (bicyclic) bond motifs is 1. The molecular weight excluding hydrogens is 677 g/mol. The number of nitrogens with one attached hydrogen (secondary N) is 1. The van der Waals surface area contributed by atoms with Crippen molar-refractivity contribution in [2.45, 2.75) is 63.4 Å². The molecule has 0 spiro atoms. The molecule has 1 aliphatic heterocycles. The standard InChI is InChI=1S/C38H39F2N5O5S/c1-24-12-13-28-29(14-15-32(40)31(28)23-51(47,48)22-25-9-6-5-7-10-25)34(24)49-35-30(11-8-17-41-35)33-16-18-42-36(44-33)43-27-19-26(39)20-45(21-27)37(46)50-38(2,3)4/h5-18,26-27H,19-23H2,1-4H3,(H,42,43,44)/t26-,27-/m0/s1. The lowest BCUT2D eigenvalue weighted by Crippen LogP contribution is -2.51. The van der Waals surface area contributed by atoms with Crippen LogP contribution in [0.3, 0.4) is 0 Å². The van der Waals surface area contributed by atoms with Crippen molar-refractivity contribution in [2.75, 3.05) is 18.4 Å². The zero-order chi connectivity index (χ0) is 36.3. The van der Waals surface area contributed by atoms with Gasteiger partial charge in [-0.15, -0.1) is 0 Å². The molecule has 1 fully saturated rings. The Labute approximate surface area is 295 Å². The number of hydrogen-bond acceptors (Lipinski definition) is 9. The molecule has 2 aromatic heterocycles. The van der Waals surface area contributed by atoms with Gasteiger partial charge in [-0.1, -0.05) is 42.5 Å². The highest BCUT2D eigenvalue weighted by molar-refractivity contribution is 7.89. The number of rotatable bonds is 9. The first kappa shape index (κ1) is 35.6. The van der Waals surface area contributed by atoms with Crippen LogP contribution < -0.4 is 10.1 Å². The van der Waals surface area contributed by atoms with Crippen molar-refractivity contribution in [3.8, 4) is 22.9 Å². The Morgan fingerprint density at radius 1 is 0.941 bits per heavy atom. The molecule has 266 valence electrons. The molecule has 3 aromatic carbocycles. The number of aryl methyl sites for hydroxylation is 1. The number of pyridine rings is 1. The van der Waals surface area contributed by atoms with Crippen LogP contribution >= 0.6 is 0 Å². The third-order valence-electron chi connectivity index (χ3n) is 8.28. The first-order valence-electron chi connectivity index (χ1n) is 16.5. The van der Waals surface area contributed by atoms with Gasteiger partial charge in [0.2, 0.25) is 11.8 Å². The summed E-state index contributed by atoms with van der Waals surface area (Å²) in [6, 6.07) is 19.8. The predicted molar refractivity (Wildman–Crippen MR) is 191 cm³/mol. The van der Waals surface area contributed by atoms with E-state index in [-0.39, 0.29) is 42.7 Å². The minimum Gasteiger partial charge on any atom is -0.444 e. The van der Waals surface area contributed by atoms with Gasteiger partial charge in [0.15, 0.2) is 9.84 Å². The number of carbonyl (C=O) groups is 1. The molecule has 1 N–H and O–H groups in total. The summed E-state index contributed by atoms with van der Waals surface area (Å²) in [5.74, 6) is -0.511. The zero-order valence-corrected chi connectivity index (χ0v) is 29.6. The van der Waals surface area contributed by atoms with Gasteiger partial charge >= 0.3 is 6.09 Å². The van der Waals surface area contributed by atoms with Crippen LogP contribution in [0.15, 0.2) is 85.2 Å². The highest BCUT2D eigenvalue weighted by Crippen LogP contribution is 2.38. The number of piperidine rings is 1. The Hall–Kier alpha value is -5.17. The number of nitrogens with zero attached hydrogens (tertiary/aromatic N) is 4. The van der Waals surface area contributed by atoms with E-state index in [1.807, 2.05) is 6.92 Å². The molecule has 6 rings (SSSR count). The molecule has 0 radical (unpaired) electrons. The molecular formula is C38H39F2N5O5S. The van der Waals surface area contributed by atoms with Crippen molar-refractivity contribution in [3.63, 3.8) is 0 Å². The van der Waals surface area contributed by atoms with Gasteiger partial charge in [-0.2, -0.15) is 0 Å². The summed E-state index contributed by atoms with van der Waals surface area (Å²) in [7, 11) is -3.72. The molecule has 0 unspecified atom stereocenters. The molecule has 1 amide bonds. The number of halogens is 2. The number of likely N-dealkylation sites (tertiary alicyclic amines) is 1. The van der Waals surface area contributed by atoms with E-state index in [4.69, 9.17) is 9.47 Å². The molecule has 0 aliphatic carbocycles. The lowest BCUT2D eigenvalue weighted by molar-refractivity contribution is 0.0124. The number of ether oxygens (including phenoxy) is 2. The first-order chi connectivity index (χ1) is 24.2. The van der Waals surface area contributed by atoms with Crippen molar-refractivity contribution in [1.29, 1.82) is 0 Å². The minimum absolute atomic E-state index is 0.0597. The van der Waals surface area contributed by atoms with E-state index in [0.717, 1.165) is 5.56 Å². The number of aromatic nitrogens is 3. The number of anilines is 1. The van der Waals surface area contributed by atoms with Crippen LogP contribution in [0.2, 0.25) is 0 Å². The van der Waals surface area contributed by atoms with E-state index in [2.05, 4.69) is 20.3 Å². The molecule has 5 aromatic rings. The van der Waals surface area contributed by atoms with Gasteiger partial charge in [0.1, 0.15) is 23.3 Å². The number of hydrogen-bond donors (Lipinski definition) is 1. The quantitative estimate of drug-likeness (QED) is 0.163. The minimum atomic E-state index is -3.72. The molecule has 2 atom stereocenters. The van der Waals surface area contributed by atoms with Crippen molar-refractivity contribution >= 4 is 32.7 Å². The SMILES string of the molecule is Cc1ccc2c(CS(=O)(=O)Cc3ccccc3)c(F)ccc2c1Oc1ncccc1-c1ccnc(N[C@H]2C[C@H](F)CN(C(=O)OC(C)(C)C)C2)n1. The van der Waals surface area contributed by atoms with Gasteiger partial charge in [0.05, 0.1) is 29.3 Å². The van der Waals surface area contributed by atoms with E-state index in [0.29, 0.717) is 33.3 Å². The van der Waals surface area contributed by atoms with Crippen molar-refractivity contribution < 1.29 is 31.5 Å².